The van der Waals surface area contributed by atoms with Gasteiger partial charge in [-0.1, -0.05) is 0 Å². The van der Waals surface area contributed by atoms with Gasteiger partial charge in [-0.2, -0.15) is 5.10 Å². The maximum Gasteiger partial charge on any atom is 0.272 e. The molecule has 0 bridgehead atoms. The number of piperazine rings is 1. The molecule has 1 aliphatic rings. The highest BCUT2D eigenvalue weighted by atomic mass is 16.2. The zero-order chi connectivity index (χ0) is 12.4. The number of nitrogens with one attached hydrogen (secondary N) is 1. The highest BCUT2D eigenvalue weighted by Crippen LogP contribution is 2.10. The monoisotopic (exact) mass is 237 g/mol. The summed E-state index contributed by atoms with van der Waals surface area (Å²) in [6, 6.07) is 1.89. The third kappa shape index (κ3) is 2.32. The first kappa shape index (κ1) is 12.1. The van der Waals surface area contributed by atoms with Gasteiger partial charge in [0.05, 0.1) is 11.7 Å². The molecule has 0 aromatic carbocycles. The zero-order valence-electron chi connectivity index (χ0n) is 10.3. The molecule has 6 heteroatoms. The van der Waals surface area contributed by atoms with E-state index in [-0.39, 0.29) is 11.9 Å². The number of carbonyl (C=O) groups is 1. The molecule has 0 spiro atoms. The Morgan fingerprint density at radius 2 is 2.47 bits per heavy atom. The van der Waals surface area contributed by atoms with Crippen LogP contribution in [0, 0.1) is 6.92 Å². The average molecular weight is 237 g/mol. The Morgan fingerprint density at radius 3 is 3.06 bits per heavy atom. The van der Waals surface area contributed by atoms with Gasteiger partial charge in [-0.05, 0) is 13.0 Å². The molecule has 1 aromatic rings. The summed E-state index contributed by atoms with van der Waals surface area (Å²) < 4.78 is 1.63. The highest BCUT2D eigenvalue weighted by molar-refractivity contribution is 5.93. The molecule has 2 rings (SSSR count). The van der Waals surface area contributed by atoms with Gasteiger partial charge in [-0.15, -0.1) is 0 Å². The minimum atomic E-state index is 0.0186. The van der Waals surface area contributed by atoms with Gasteiger partial charge in [-0.25, -0.2) is 0 Å². The van der Waals surface area contributed by atoms with Crippen molar-refractivity contribution in [3.05, 3.63) is 17.5 Å². The van der Waals surface area contributed by atoms with Crippen LogP contribution in [0.5, 0.6) is 0 Å². The lowest BCUT2D eigenvalue weighted by Gasteiger charge is -2.35. The molecular weight excluding hydrogens is 218 g/mol. The fraction of sp³-hybridized carbons (Fsp3) is 0.636. The molecule has 0 radical (unpaired) electrons. The quantitative estimate of drug-likeness (QED) is 0.699. The van der Waals surface area contributed by atoms with Crippen LogP contribution in [0.1, 0.15) is 16.2 Å². The third-order valence-corrected chi connectivity index (χ3v) is 3.10. The van der Waals surface area contributed by atoms with Gasteiger partial charge < -0.3 is 16.0 Å². The molecule has 0 aliphatic carbocycles. The van der Waals surface area contributed by atoms with Crippen LogP contribution in [0.3, 0.4) is 0 Å². The maximum absolute atomic E-state index is 12.4. The smallest absolute Gasteiger partial charge is 0.272 e. The van der Waals surface area contributed by atoms with E-state index in [1.165, 1.54) is 0 Å². The van der Waals surface area contributed by atoms with Gasteiger partial charge in [0.1, 0.15) is 5.69 Å². The summed E-state index contributed by atoms with van der Waals surface area (Å²) in [6.45, 7) is 4.65. The van der Waals surface area contributed by atoms with Crippen molar-refractivity contribution in [1.82, 2.24) is 20.0 Å². The molecule has 1 aliphatic heterocycles. The summed E-state index contributed by atoms with van der Waals surface area (Å²) in [5.74, 6) is 0.0186. The number of aryl methyl sites for hydroxylation is 2. The number of carbonyl (C=O) groups excluding carboxylic acids is 1. The van der Waals surface area contributed by atoms with Gasteiger partial charge >= 0.3 is 0 Å². The van der Waals surface area contributed by atoms with Crippen LogP contribution in [-0.4, -0.2) is 52.8 Å². The van der Waals surface area contributed by atoms with Crippen LogP contribution in [0.4, 0.5) is 0 Å². The zero-order valence-corrected chi connectivity index (χ0v) is 10.3. The molecule has 3 N–H and O–H groups in total. The number of hydrogen-bond acceptors (Lipinski definition) is 4. The first-order valence-electron chi connectivity index (χ1n) is 5.86. The second-order valence-electron chi connectivity index (χ2n) is 4.39. The standard InChI is InChI=1S/C11H19N5O/c1-8-5-10(15(2)14-8)11(17)16-4-3-13-7-9(16)6-12/h5,9,13H,3-4,6-7,12H2,1-2H3. The first-order valence-corrected chi connectivity index (χ1v) is 5.86. The van der Waals surface area contributed by atoms with Crippen LogP contribution >= 0.6 is 0 Å². The van der Waals surface area contributed by atoms with Crippen LogP contribution in [-0.2, 0) is 7.05 Å². The fourth-order valence-corrected chi connectivity index (χ4v) is 2.20. The molecule has 2 heterocycles. The highest BCUT2D eigenvalue weighted by Gasteiger charge is 2.27. The molecule has 17 heavy (non-hydrogen) atoms. The normalized spacial score (nSPS) is 20.6. The molecule has 1 amide bonds. The van der Waals surface area contributed by atoms with E-state index in [9.17, 15) is 4.79 Å². The van der Waals surface area contributed by atoms with Crippen LogP contribution in [0.15, 0.2) is 6.07 Å². The summed E-state index contributed by atoms with van der Waals surface area (Å²) in [5.41, 5.74) is 7.18. The summed E-state index contributed by atoms with van der Waals surface area (Å²) in [6.07, 6.45) is 0. The van der Waals surface area contributed by atoms with E-state index in [1.54, 1.807) is 11.7 Å². The summed E-state index contributed by atoms with van der Waals surface area (Å²) in [7, 11) is 1.79. The van der Waals surface area contributed by atoms with E-state index < -0.39 is 0 Å². The van der Waals surface area contributed by atoms with Crippen molar-refractivity contribution in [2.45, 2.75) is 13.0 Å². The lowest BCUT2D eigenvalue weighted by atomic mass is 10.1. The van der Waals surface area contributed by atoms with Crippen LogP contribution < -0.4 is 11.1 Å². The van der Waals surface area contributed by atoms with E-state index >= 15 is 0 Å². The molecule has 1 saturated heterocycles. The Morgan fingerprint density at radius 1 is 1.71 bits per heavy atom. The number of nitrogens with two attached hydrogens (primary N) is 1. The van der Waals surface area contributed by atoms with E-state index in [4.69, 9.17) is 5.73 Å². The van der Waals surface area contributed by atoms with Gasteiger partial charge in [0.25, 0.3) is 5.91 Å². The Balaban J connectivity index is 2.21. The van der Waals surface area contributed by atoms with Crippen molar-refractivity contribution in [3.63, 3.8) is 0 Å². The van der Waals surface area contributed by atoms with Gasteiger partial charge in [0, 0.05) is 33.2 Å². The van der Waals surface area contributed by atoms with Gasteiger partial charge in [-0.3, -0.25) is 9.48 Å². The summed E-state index contributed by atoms with van der Waals surface area (Å²) >= 11 is 0. The first-order chi connectivity index (χ1) is 8.13. The second-order valence-corrected chi connectivity index (χ2v) is 4.39. The summed E-state index contributed by atoms with van der Waals surface area (Å²) in [5, 5.41) is 7.45. The lowest BCUT2D eigenvalue weighted by Crippen LogP contribution is -2.56. The van der Waals surface area contributed by atoms with E-state index in [1.807, 2.05) is 17.9 Å². The van der Waals surface area contributed by atoms with E-state index in [2.05, 4.69) is 10.4 Å². The SMILES string of the molecule is Cc1cc(C(=O)N2CCNCC2CN)n(C)n1. The molecule has 94 valence electrons. The molecular formula is C11H19N5O. The average Bonchev–Trinajstić information content (AvgIpc) is 2.67. The Bertz CT molecular complexity index is 414. The molecule has 0 saturated carbocycles. The largest absolute Gasteiger partial charge is 0.331 e. The van der Waals surface area contributed by atoms with Gasteiger partial charge in [0.15, 0.2) is 0 Å². The number of aromatic nitrogens is 2. The van der Waals surface area contributed by atoms with Crippen molar-refractivity contribution >= 4 is 5.91 Å². The molecule has 1 aromatic heterocycles. The molecule has 1 atom stereocenters. The predicted octanol–water partition coefficient (Wildman–Crippen LogP) is -0.899. The number of rotatable bonds is 2. The number of nitrogens with zero attached hydrogens (tertiary/aromatic N) is 3. The van der Waals surface area contributed by atoms with Crippen molar-refractivity contribution < 1.29 is 4.79 Å². The topological polar surface area (TPSA) is 76.2 Å². The van der Waals surface area contributed by atoms with E-state index in [0.29, 0.717) is 18.8 Å². The number of hydrogen-bond donors (Lipinski definition) is 2. The Labute approximate surface area is 101 Å². The third-order valence-electron chi connectivity index (χ3n) is 3.10. The van der Waals surface area contributed by atoms with Gasteiger partial charge in [0.2, 0.25) is 0 Å². The van der Waals surface area contributed by atoms with Crippen LogP contribution in [0.2, 0.25) is 0 Å². The fourth-order valence-electron chi connectivity index (χ4n) is 2.20. The molecule has 1 unspecified atom stereocenters. The Kier molecular flexibility index (Phi) is 3.44. The number of amides is 1. The minimum absolute atomic E-state index is 0.0186. The lowest BCUT2D eigenvalue weighted by molar-refractivity contribution is 0.0633. The minimum Gasteiger partial charge on any atom is -0.331 e. The predicted molar refractivity (Wildman–Crippen MR) is 64.7 cm³/mol. The van der Waals surface area contributed by atoms with Crippen molar-refractivity contribution in [3.8, 4) is 0 Å². The maximum atomic E-state index is 12.4. The second kappa shape index (κ2) is 4.85. The van der Waals surface area contributed by atoms with Crippen molar-refractivity contribution in [2.24, 2.45) is 12.8 Å². The van der Waals surface area contributed by atoms with Crippen LogP contribution in [0.25, 0.3) is 0 Å². The van der Waals surface area contributed by atoms with E-state index in [0.717, 1.165) is 18.8 Å². The molecule has 1 fully saturated rings. The van der Waals surface area contributed by atoms with Crippen molar-refractivity contribution in [2.75, 3.05) is 26.2 Å². The van der Waals surface area contributed by atoms with Crippen molar-refractivity contribution in [1.29, 1.82) is 0 Å². The Hall–Kier alpha value is -1.40. The molecule has 6 nitrogen and oxygen atoms in total. The summed E-state index contributed by atoms with van der Waals surface area (Å²) in [4.78, 5) is 14.2.